The molecule has 1 aliphatic heterocycles. The number of nitrogens with zero attached hydrogens (tertiary/aromatic N) is 2. The summed E-state index contributed by atoms with van der Waals surface area (Å²) in [6, 6.07) is 17.7. The zero-order chi connectivity index (χ0) is 19.5. The zero-order valence-electron chi connectivity index (χ0n) is 16.0. The van der Waals surface area contributed by atoms with E-state index in [9.17, 15) is 4.79 Å². The molecule has 0 unspecified atom stereocenters. The van der Waals surface area contributed by atoms with E-state index >= 15 is 0 Å². The van der Waals surface area contributed by atoms with Gasteiger partial charge >= 0.3 is 0 Å². The number of aromatic amines is 1. The monoisotopic (exact) mass is 377 g/mol. The Balaban J connectivity index is 1.81. The van der Waals surface area contributed by atoms with E-state index < -0.39 is 0 Å². The number of methoxy groups -OCH3 is 2. The molecule has 0 radical (unpaired) electrons. The topological polar surface area (TPSA) is 67.5 Å². The fourth-order valence-electron chi connectivity index (χ4n) is 3.78. The maximum Gasteiger partial charge on any atom is 0.273 e. The lowest BCUT2D eigenvalue weighted by Gasteiger charge is -2.26. The summed E-state index contributed by atoms with van der Waals surface area (Å²) in [5, 5.41) is 7.47. The van der Waals surface area contributed by atoms with E-state index in [4.69, 9.17) is 9.47 Å². The molecule has 6 heteroatoms. The van der Waals surface area contributed by atoms with Gasteiger partial charge in [0.1, 0.15) is 11.4 Å². The molecule has 0 aliphatic carbocycles. The van der Waals surface area contributed by atoms with Gasteiger partial charge in [0, 0.05) is 31.4 Å². The predicted molar refractivity (Wildman–Crippen MR) is 106 cm³/mol. The van der Waals surface area contributed by atoms with Gasteiger partial charge in [0.2, 0.25) is 0 Å². The molecule has 3 aromatic rings. The predicted octanol–water partition coefficient (Wildman–Crippen LogP) is 3.67. The normalized spacial score (nSPS) is 15.7. The second kappa shape index (κ2) is 7.86. The number of carbonyl (C=O) groups excluding carboxylic acids is 1. The van der Waals surface area contributed by atoms with Crippen molar-refractivity contribution in [3.05, 3.63) is 71.4 Å². The average molecular weight is 377 g/mol. The van der Waals surface area contributed by atoms with Crippen LogP contribution in [-0.2, 0) is 4.74 Å². The molecule has 144 valence electrons. The third-order valence-electron chi connectivity index (χ3n) is 5.07. The van der Waals surface area contributed by atoms with E-state index in [0.717, 1.165) is 34.6 Å². The molecule has 6 nitrogen and oxygen atoms in total. The fourth-order valence-corrected chi connectivity index (χ4v) is 3.78. The molecule has 28 heavy (non-hydrogen) atoms. The SMILES string of the molecule is COCCCN1C(=O)c2[nH]nc(-c3cccc(OC)c3)c2[C@@H]1c1ccccc1. The maximum absolute atomic E-state index is 13.1. The summed E-state index contributed by atoms with van der Waals surface area (Å²) >= 11 is 0. The number of hydrogen-bond acceptors (Lipinski definition) is 4. The molecule has 4 rings (SSSR count). The van der Waals surface area contributed by atoms with Crippen LogP contribution >= 0.6 is 0 Å². The van der Waals surface area contributed by atoms with E-state index in [1.54, 1.807) is 14.2 Å². The number of carbonyl (C=O) groups is 1. The Bertz CT molecular complexity index is 968. The lowest BCUT2D eigenvalue weighted by molar-refractivity contribution is 0.0723. The molecule has 2 heterocycles. The van der Waals surface area contributed by atoms with Crippen LogP contribution in [0.1, 0.15) is 34.1 Å². The number of nitrogens with one attached hydrogen (secondary N) is 1. The van der Waals surface area contributed by atoms with Crippen molar-refractivity contribution < 1.29 is 14.3 Å². The van der Waals surface area contributed by atoms with Gasteiger partial charge in [-0.2, -0.15) is 5.10 Å². The van der Waals surface area contributed by atoms with E-state index in [0.29, 0.717) is 18.8 Å². The molecule has 1 atom stereocenters. The van der Waals surface area contributed by atoms with Gasteiger partial charge in [0.05, 0.1) is 18.8 Å². The second-order valence-electron chi connectivity index (χ2n) is 6.75. The number of benzene rings is 2. The summed E-state index contributed by atoms with van der Waals surface area (Å²) < 4.78 is 10.5. The standard InChI is InChI=1S/C22H23N3O3/c1-27-13-7-12-25-21(15-8-4-3-5-9-15)18-19(23-24-20(18)22(25)26)16-10-6-11-17(14-16)28-2/h3-6,8-11,14,21H,7,12-13H2,1-2H3,(H,23,24)/t21-/m0/s1. The molecule has 1 aromatic heterocycles. The first kappa shape index (κ1) is 18.3. The highest BCUT2D eigenvalue weighted by atomic mass is 16.5. The van der Waals surface area contributed by atoms with E-state index in [1.807, 2.05) is 47.4 Å². The number of rotatable bonds is 7. The third-order valence-corrected chi connectivity index (χ3v) is 5.07. The molecular weight excluding hydrogens is 354 g/mol. The highest BCUT2D eigenvalue weighted by Gasteiger charge is 2.41. The van der Waals surface area contributed by atoms with Gasteiger partial charge in [-0.25, -0.2) is 0 Å². The first-order chi connectivity index (χ1) is 13.7. The molecule has 0 spiro atoms. The number of aromatic nitrogens is 2. The minimum absolute atomic E-state index is 0.0263. The second-order valence-corrected chi connectivity index (χ2v) is 6.75. The van der Waals surface area contributed by atoms with Gasteiger partial charge in [-0.3, -0.25) is 9.89 Å². The summed E-state index contributed by atoms with van der Waals surface area (Å²) in [7, 11) is 3.32. The Kier molecular flexibility index (Phi) is 5.12. The Morgan fingerprint density at radius 2 is 1.93 bits per heavy atom. The van der Waals surface area contributed by atoms with Crippen LogP contribution in [0.2, 0.25) is 0 Å². The summed E-state index contributed by atoms with van der Waals surface area (Å²) in [5.41, 5.74) is 4.25. The average Bonchev–Trinajstić information content (AvgIpc) is 3.28. The van der Waals surface area contributed by atoms with Gasteiger partial charge < -0.3 is 14.4 Å². The number of ether oxygens (including phenoxy) is 2. The van der Waals surface area contributed by atoms with Crippen LogP contribution in [0, 0.1) is 0 Å². The van der Waals surface area contributed by atoms with Crippen molar-refractivity contribution in [3.63, 3.8) is 0 Å². The van der Waals surface area contributed by atoms with Crippen LogP contribution in [0.4, 0.5) is 0 Å². The first-order valence-electron chi connectivity index (χ1n) is 9.32. The summed E-state index contributed by atoms with van der Waals surface area (Å²) in [6.45, 7) is 1.23. The van der Waals surface area contributed by atoms with Gasteiger partial charge in [-0.05, 0) is 24.1 Å². The molecular formula is C22H23N3O3. The van der Waals surface area contributed by atoms with Crippen LogP contribution in [0.25, 0.3) is 11.3 Å². The van der Waals surface area contributed by atoms with E-state index in [2.05, 4.69) is 22.3 Å². The van der Waals surface area contributed by atoms with Gasteiger partial charge in [-0.15, -0.1) is 0 Å². The molecule has 1 N–H and O–H groups in total. The Morgan fingerprint density at radius 3 is 2.68 bits per heavy atom. The van der Waals surface area contributed by atoms with Crippen LogP contribution in [-0.4, -0.2) is 48.4 Å². The summed E-state index contributed by atoms with van der Waals surface area (Å²) in [4.78, 5) is 15.0. The Labute approximate surface area is 164 Å². The molecule has 0 bridgehead atoms. The van der Waals surface area contributed by atoms with Crippen LogP contribution in [0.15, 0.2) is 54.6 Å². The van der Waals surface area contributed by atoms with Gasteiger partial charge in [-0.1, -0.05) is 42.5 Å². The van der Waals surface area contributed by atoms with Crippen molar-refractivity contribution in [2.24, 2.45) is 0 Å². The van der Waals surface area contributed by atoms with Crippen LogP contribution < -0.4 is 4.74 Å². The smallest absolute Gasteiger partial charge is 0.273 e. The molecule has 0 saturated carbocycles. The Hall–Kier alpha value is -3.12. The number of H-pyrrole nitrogens is 1. The first-order valence-corrected chi connectivity index (χ1v) is 9.32. The molecule has 0 saturated heterocycles. The molecule has 2 aromatic carbocycles. The third kappa shape index (κ3) is 3.16. The summed E-state index contributed by atoms with van der Waals surface area (Å²) in [6.07, 6.45) is 0.776. The van der Waals surface area contributed by atoms with Gasteiger partial charge in [0.25, 0.3) is 5.91 Å². The van der Waals surface area contributed by atoms with Crippen molar-refractivity contribution in [2.75, 3.05) is 27.4 Å². The van der Waals surface area contributed by atoms with E-state index in [1.165, 1.54) is 0 Å². The molecule has 0 fully saturated rings. The van der Waals surface area contributed by atoms with Crippen molar-refractivity contribution in [2.45, 2.75) is 12.5 Å². The van der Waals surface area contributed by atoms with Crippen molar-refractivity contribution in [1.29, 1.82) is 0 Å². The lowest BCUT2D eigenvalue weighted by atomic mass is 9.96. The highest BCUT2D eigenvalue weighted by Crippen LogP contribution is 2.43. The maximum atomic E-state index is 13.1. The van der Waals surface area contributed by atoms with Gasteiger partial charge in [0.15, 0.2) is 0 Å². The Morgan fingerprint density at radius 1 is 1.11 bits per heavy atom. The number of hydrogen-bond donors (Lipinski definition) is 1. The van der Waals surface area contributed by atoms with E-state index in [-0.39, 0.29) is 11.9 Å². The zero-order valence-corrected chi connectivity index (χ0v) is 16.0. The minimum atomic E-state index is -0.180. The summed E-state index contributed by atoms with van der Waals surface area (Å²) in [5.74, 6) is 0.730. The quantitative estimate of drug-likeness (QED) is 0.638. The number of amides is 1. The highest BCUT2D eigenvalue weighted by molar-refractivity contribution is 6.00. The molecule has 1 amide bonds. The molecule has 1 aliphatic rings. The van der Waals surface area contributed by atoms with Crippen molar-refractivity contribution in [3.8, 4) is 17.0 Å². The van der Waals surface area contributed by atoms with Crippen molar-refractivity contribution in [1.82, 2.24) is 15.1 Å². The minimum Gasteiger partial charge on any atom is -0.497 e. The van der Waals surface area contributed by atoms with Crippen LogP contribution in [0.5, 0.6) is 5.75 Å². The lowest BCUT2D eigenvalue weighted by Crippen LogP contribution is -2.31. The fraction of sp³-hybridized carbons (Fsp3) is 0.273. The largest absolute Gasteiger partial charge is 0.497 e. The number of fused-ring (bicyclic) bond motifs is 1. The van der Waals surface area contributed by atoms with Crippen LogP contribution in [0.3, 0.4) is 0 Å². The van der Waals surface area contributed by atoms with Crippen molar-refractivity contribution >= 4 is 5.91 Å².